The molecule has 1 aromatic carbocycles. The van der Waals surface area contributed by atoms with Crippen LogP contribution in [0.15, 0.2) is 18.2 Å². The Morgan fingerprint density at radius 2 is 2.12 bits per heavy atom. The topological polar surface area (TPSA) is 35.2 Å². The van der Waals surface area contributed by atoms with Crippen molar-refractivity contribution in [2.75, 3.05) is 12.8 Å². The predicted octanol–water partition coefficient (Wildman–Crippen LogP) is 3.37. The van der Waals surface area contributed by atoms with E-state index in [9.17, 15) is 4.39 Å². The highest BCUT2D eigenvalue weighted by Gasteiger charge is 2.15. The molecule has 0 heterocycles. The average molecular weight is 221 g/mol. The molecule has 0 atom stereocenters. The molecule has 2 N–H and O–H groups in total. The third kappa shape index (κ3) is 1.90. The maximum atomic E-state index is 14.0. The minimum absolute atomic E-state index is 0.103. The molecule has 0 aromatic heterocycles. The molecule has 1 aliphatic carbocycles. The number of hydrogen-bond donors (Lipinski definition) is 1. The van der Waals surface area contributed by atoms with Gasteiger partial charge in [-0.25, -0.2) is 4.39 Å². The smallest absolute Gasteiger partial charge is 0.157 e. The van der Waals surface area contributed by atoms with Crippen LogP contribution in [0.1, 0.15) is 31.2 Å². The normalized spacial score (nSPS) is 15.8. The molecule has 0 saturated carbocycles. The number of allylic oxidation sites excluding steroid dienone is 2. The van der Waals surface area contributed by atoms with E-state index in [1.807, 2.05) is 0 Å². The van der Waals surface area contributed by atoms with Gasteiger partial charge in [0, 0.05) is 5.56 Å². The van der Waals surface area contributed by atoms with E-state index in [4.69, 9.17) is 10.5 Å². The Morgan fingerprint density at radius 1 is 1.31 bits per heavy atom. The third-order valence-corrected chi connectivity index (χ3v) is 3.00. The van der Waals surface area contributed by atoms with Crippen LogP contribution in [-0.4, -0.2) is 7.11 Å². The van der Waals surface area contributed by atoms with Crippen molar-refractivity contribution in [2.24, 2.45) is 0 Å². The lowest BCUT2D eigenvalue weighted by molar-refractivity contribution is 0.414. The lowest BCUT2D eigenvalue weighted by Crippen LogP contribution is -2.01. The van der Waals surface area contributed by atoms with Gasteiger partial charge in [-0.2, -0.15) is 0 Å². The van der Waals surface area contributed by atoms with Gasteiger partial charge in [0.05, 0.1) is 7.11 Å². The number of halogens is 1. The molecule has 0 radical (unpaired) electrons. The summed E-state index contributed by atoms with van der Waals surface area (Å²) in [5, 5.41) is 0. The first-order valence-corrected chi connectivity index (χ1v) is 5.55. The molecule has 0 saturated heterocycles. The van der Waals surface area contributed by atoms with Crippen molar-refractivity contribution in [2.45, 2.75) is 25.7 Å². The SMILES string of the molecule is COc1ccc(C2=CCCCC2)c(F)c1N. The molecule has 0 aliphatic heterocycles. The number of nitrogen functional groups attached to an aromatic ring is 1. The zero-order valence-corrected chi connectivity index (χ0v) is 9.42. The molecule has 16 heavy (non-hydrogen) atoms. The number of rotatable bonds is 2. The maximum Gasteiger partial charge on any atom is 0.157 e. The first-order chi connectivity index (χ1) is 7.74. The molecular formula is C13H16FNO. The van der Waals surface area contributed by atoms with E-state index in [0.717, 1.165) is 24.8 Å². The number of ether oxygens (including phenoxy) is 1. The molecular weight excluding hydrogens is 205 g/mol. The highest BCUT2D eigenvalue weighted by atomic mass is 19.1. The molecule has 1 aliphatic rings. The highest BCUT2D eigenvalue weighted by molar-refractivity contribution is 5.72. The van der Waals surface area contributed by atoms with E-state index >= 15 is 0 Å². The summed E-state index contributed by atoms with van der Waals surface area (Å²) in [5.41, 5.74) is 7.47. The summed E-state index contributed by atoms with van der Waals surface area (Å²) in [6.07, 6.45) is 6.38. The van der Waals surface area contributed by atoms with Gasteiger partial charge in [-0.05, 0) is 43.4 Å². The zero-order valence-electron chi connectivity index (χ0n) is 9.42. The second-order valence-electron chi connectivity index (χ2n) is 4.02. The van der Waals surface area contributed by atoms with Crippen LogP contribution in [-0.2, 0) is 0 Å². The summed E-state index contributed by atoms with van der Waals surface area (Å²) in [6.45, 7) is 0. The van der Waals surface area contributed by atoms with E-state index in [1.54, 1.807) is 12.1 Å². The Labute approximate surface area is 94.9 Å². The molecule has 2 rings (SSSR count). The van der Waals surface area contributed by atoms with Crippen molar-refractivity contribution >= 4 is 11.3 Å². The molecule has 86 valence electrons. The van der Waals surface area contributed by atoms with E-state index in [2.05, 4.69) is 6.08 Å². The molecule has 0 fully saturated rings. The molecule has 1 aromatic rings. The summed E-state index contributed by atoms with van der Waals surface area (Å²) in [5.74, 6) is 0.0464. The Bertz CT molecular complexity index is 426. The third-order valence-electron chi connectivity index (χ3n) is 3.00. The minimum Gasteiger partial charge on any atom is -0.494 e. The molecule has 0 bridgehead atoms. The number of nitrogens with two attached hydrogens (primary N) is 1. The van der Waals surface area contributed by atoms with Crippen LogP contribution < -0.4 is 10.5 Å². The largest absolute Gasteiger partial charge is 0.494 e. The predicted molar refractivity (Wildman–Crippen MR) is 63.8 cm³/mol. The monoisotopic (exact) mass is 221 g/mol. The van der Waals surface area contributed by atoms with Crippen LogP contribution in [0.4, 0.5) is 10.1 Å². The van der Waals surface area contributed by atoms with Crippen LogP contribution in [0.25, 0.3) is 5.57 Å². The lowest BCUT2D eigenvalue weighted by Gasteiger charge is -2.15. The van der Waals surface area contributed by atoms with Gasteiger partial charge in [-0.1, -0.05) is 6.08 Å². The Hall–Kier alpha value is -1.51. The van der Waals surface area contributed by atoms with Gasteiger partial charge in [-0.3, -0.25) is 0 Å². The van der Waals surface area contributed by atoms with Gasteiger partial charge < -0.3 is 10.5 Å². The van der Waals surface area contributed by atoms with Crippen LogP contribution in [0.5, 0.6) is 5.75 Å². The Balaban J connectivity index is 2.42. The lowest BCUT2D eigenvalue weighted by atomic mass is 9.93. The Kier molecular flexibility index (Phi) is 3.13. The number of methoxy groups -OCH3 is 1. The summed E-state index contributed by atoms with van der Waals surface area (Å²) in [4.78, 5) is 0. The fourth-order valence-electron chi connectivity index (χ4n) is 2.08. The van der Waals surface area contributed by atoms with Crippen LogP contribution in [0.2, 0.25) is 0 Å². The van der Waals surface area contributed by atoms with E-state index in [-0.39, 0.29) is 11.5 Å². The molecule has 0 spiro atoms. The standard InChI is InChI=1S/C13H16FNO/c1-16-11-8-7-10(12(14)13(11)15)9-5-3-2-4-6-9/h5,7-8H,2-4,6,15H2,1H3. The summed E-state index contributed by atoms with van der Waals surface area (Å²) in [7, 11) is 1.49. The van der Waals surface area contributed by atoms with E-state index < -0.39 is 0 Å². The highest BCUT2D eigenvalue weighted by Crippen LogP contribution is 2.34. The fraction of sp³-hybridized carbons (Fsp3) is 0.385. The Morgan fingerprint density at radius 3 is 2.75 bits per heavy atom. The summed E-state index contributed by atoms with van der Waals surface area (Å²) >= 11 is 0. The first-order valence-electron chi connectivity index (χ1n) is 5.55. The van der Waals surface area contributed by atoms with Gasteiger partial charge in [0.15, 0.2) is 5.82 Å². The first kappa shape index (κ1) is 11.0. The van der Waals surface area contributed by atoms with Crippen molar-refractivity contribution in [3.63, 3.8) is 0 Å². The number of benzene rings is 1. The summed E-state index contributed by atoms with van der Waals surface area (Å²) in [6, 6.07) is 3.48. The number of hydrogen-bond acceptors (Lipinski definition) is 2. The van der Waals surface area contributed by atoms with E-state index in [1.165, 1.54) is 13.5 Å². The molecule has 0 unspecified atom stereocenters. The molecule has 0 amide bonds. The van der Waals surface area contributed by atoms with Gasteiger partial charge in [0.2, 0.25) is 0 Å². The van der Waals surface area contributed by atoms with Gasteiger partial charge in [0.1, 0.15) is 11.4 Å². The van der Waals surface area contributed by atoms with Crippen molar-refractivity contribution in [1.29, 1.82) is 0 Å². The average Bonchev–Trinajstić information content (AvgIpc) is 2.34. The summed E-state index contributed by atoms with van der Waals surface area (Å²) < 4.78 is 19.0. The van der Waals surface area contributed by atoms with Crippen LogP contribution >= 0.6 is 0 Å². The number of anilines is 1. The van der Waals surface area contributed by atoms with Crippen molar-refractivity contribution in [3.8, 4) is 5.75 Å². The zero-order chi connectivity index (χ0) is 11.5. The fourth-order valence-corrected chi connectivity index (χ4v) is 2.08. The van der Waals surface area contributed by atoms with Gasteiger partial charge in [-0.15, -0.1) is 0 Å². The second-order valence-corrected chi connectivity index (χ2v) is 4.02. The van der Waals surface area contributed by atoms with Gasteiger partial charge >= 0.3 is 0 Å². The quantitative estimate of drug-likeness (QED) is 0.777. The van der Waals surface area contributed by atoms with Crippen molar-refractivity contribution in [1.82, 2.24) is 0 Å². The maximum absolute atomic E-state index is 14.0. The minimum atomic E-state index is -0.354. The van der Waals surface area contributed by atoms with E-state index in [0.29, 0.717) is 11.3 Å². The van der Waals surface area contributed by atoms with Crippen LogP contribution in [0.3, 0.4) is 0 Å². The van der Waals surface area contributed by atoms with Crippen molar-refractivity contribution in [3.05, 3.63) is 29.6 Å². The molecule has 2 nitrogen and oxygen atoms in total. The van der Waals surface area contributed by atoms with Crippen LogP contribution in [0, 0.1) is 5.82 Å². The van der Waals surface area contributed by atoms with Gasteiger partial charge in [0.25, 0.3) is 0 Å². The second kappa shape index (κ2) is 4.56. The van der Waals surface area contributed by atoms with Crippen molar-refractivity contribution < 1.29 is 9.13 Å². The molecule has 3 heteroatoms.